The molecule has 4 aromatic rings. The molecule has 0 saturated heterocycles. The number of nitro groups is 2. The summed E-state index contributed by atoms with van der Waals surface area (Å²) in [6.45, 7) is 0. The molecule has 0 amide bonds. The SMILES string of the molecule is O=[N+]([O-])c1ccc2cc(O)ccc2c1.O=[N+]([O-])c1ccc2cc(O)ccc2c1. The summed E-state index contributed by atoms with van der Waals surface area (Å²) in [7, 11) is 0. The average molecular weight is 378 g/mol. The normalized spacial score (nSPS) is 10.3. The maximum atomic E-state index is 10.5. The fourth-order valence-corrected chi connectivity index (χ4v) is 2.67. The maximum Gasteiger partial charge on any atom is 0.270 e. The van der Waals surface area contributed by atoms with Crippen LogP contribution in [0.15, 0.2) is 72.8 Å². The molecular weight excluding hydrogens is 364 g/mol. The van der Waals surface area contributed by atoms with E-state index in [4.69, 9.17) is 0 Å². The summed E-state index contributed by atoms with van der Waals surface area (Å²) in [6, 6.07) is 18.5. The Balaban J connectivity index is 0.000000161. The molecule has 4 aromatic carbocycles. The number of rotatable bonds is 2. The predicted octanol–water partition coefficient (Wildman–Crippen LogP) is 4.91. The van der Waals surface area contributed by atoms with Gasteiger partial charge in [-0.2, -0.15) is 0 Å². The van der Waals surface area contributed by atoms with E-state index in [1.807, 2.05) is 0 Å². The van der Waals surface area contributed by atoms with Gasteiger partial charge in [-0.15, -0.1) is 0 Å². The van der Waals surface area contributed by atoms with Crippen LogP contribution in [0.25, 0.3) is 21.5 Å². The number of phenolic OH excluding ortho intramolecular Hbond substituents is 2. The quantitative estimate of drug-likeness (QED) is 0.377. The first kappa shape index (κ1) is 18.6. The second kappa shape index (κ2) is 7.58. The van der Waals surface area contributed by atoms with E-state index in [0.717, 1.165) is 21.5 Å². The van der Waals surface area contributed by atoms with Crippen molar-refractivity contribution in [2.45, 2.75) is 0 Å². The summed E-state index contributed by atoms with van der Waals surface area (Å²) in [6.07, 6.45) is 0. The minimum atomic E-state index is -0.438. The second-order valence-electron chi connectivity index (χ2n) is 5.95. The number of hydrogen-bond acceptors (Lipinski definition) is 6. The highest BCUT2D eigenvalue weighted by atomic mass is 16.6. The van der Waals surface area contributed by atoms with E-state index in [-0.39, 0.29) is 22.9 Å². The van der Waals surface area contributed by atoms with E-state index in [1.165, 1.54) is 36.4 Å². The number of fused-ring (bicyclic) bond motifs is 2. The Kier molecular flexibility index (Phi) is 5.03. The Morgan fingerprint density at radius 1 is 0.536 bits per heavy atom. The van der Waals surface area contributed by atoms with Gasteiger partial charge in [0.2, 0.25) is 0 Å². The number of aromatic hydroxyl groups is 2. The lowest BCUT2D eigenvalue weighted by molar-refractivity contribution is -0.384. The lowest BCUT2D eigenvalue weighted by atomic mass is 10.1. The molecule has 0 aromatic heterocycles. The van der Waals surface area contributed by atoms with Crippen molar-refractivity contribution in [2.75, 3.05) is 0 Å². The summed E-state index contributed by atoms with van der Waals surface area (Å²) in [5.74, 6) is 0.317. The van der Waals surface area contributed by atoms with E-state index in [0.29, 0.717) is 0 Å². The van der Waals surface area contributed by atoms with Crippen molar-refractivity contribution in [3.63, 3.8) is 0 Å². The molecule has 0 unspecified atom stereocenters. The first-order chi connectivity index (χ1) is 13.3. The first-order valence-corrected chi connectivity index (χ1v) is 8.08. The molecule has 0 bridgehead atoms. The molecule has 0 fully saturated rings. The van der Waals surface area contributed by atoms with Crippen LogP contribution in [0.2, 0.25) is 0 Å². The summed E-state index contributed by atoms with van der Waals surface area (Å²) >= 11 is 0. The average Bonchev–Trinajstić information content (AvgIpc) is 2.67. The van der Waals surface area contributed by atoms with Crippen molar-refractivity contribution >= 4 is 32.9 Å². The molecule has 0 aliphatic heterocycles. The van der Waals surface area contributed by atoms with Gasteiger partial charge in [0.25, 0.3) is 11.4 Å². The fraction of sp³-hybridized carbons (Fsp3) is 0. The molecule has 0 atom stereocenters. The predicted molar refractivity (Wildman–Crippen MR) is 105 cm³/mol. The van der Waals surface area contributed by atoms with Crippen LogP contribution in [0.5, 0.6) is 11.5 Å². The summed E-state index contributed by atoms with van der Waals surface area (Å²) in [5.41, 5.74) is 0.117. The van der Waals surface area contributed by atoms with Gasteiger partial charge in [-0.05, 0) is 57.9 Å². The first-order valence-electron chi connectivity index (χ1n) is 8.08. The summed E-state index contributed by atoms with van der Waals surface area (Å²) in [5, 5.41) is 42.4. The number of non-ortho nitro benzene ring substituents is 2. The van der Waals surface area contributed by atoms with E-state index in [2.05, 4.69) is 0 Å². The molecule has 0 radical (unpaired) electrons. The van der Waals surface area contributed by atoms with Crippen LogP contribution in [-0.4, -0.2) is 20.1 Å². The van der Waals surface area contributed by atoms with Gasteiger partial charge in [-0.25, -0.2) is 0 Å². The van der Waals surface area contributed by atoms with E-state index < -0.39 is 9.85 Å². The molecule has 0 heterocycles. The standard InChI is InChI=1S/2C10H7NO3/c2*12-10-4-2-7-5-9(11(13)14)3-1-8(7)6-10/h2*1-6,12H. The van der Waals surface area contributed by atoms with Gasteiger partial charge in [-0.1, -0.05) is 12.1 Å². The Bertz CT molecular complexity index is 1110. The molecule has 0 spiro atoms. The minimum Gasteiger partial charge on any atom is -0.508 e. The van der Waals surface area contributed by atoms with Crippen molar-refractivity contribution in [3.05, 3.63) is 93.0 Å². The highest BCUT2D eigenvalue weighted by Crippen LogP contribution is 2.25. The van der Waals surface area contributed by atoms with Crippen LogP contribution >= 0.6 is 0 Å². The third kappa shape index (κ3) is 4.13. The van der Waals surface area contributed by atoms with Gasteiger partial charge in [0.05, 0.1) is 9.85 Å². The minimum absolute atomic E-state index is 0.0585. The fourth-order valence-electron chi connectivity index (χ4n) is 2.67. The number of hydrogen-bond donors (Lipinski definition) is 2. The van der Waals surface area contributed by atoms with Crippen LogP contribution in [0.4, 0.5) is 11.4 Å². The van der Waals surface area contributed by atoms with Crippen LogP contribution in [-0.2, 0) is 0 Å². The Labute approximate surface area is 158 Å². The molecule has 28 heavy (non-hydrogen) atoms. The lowest BCUT2D eigenvalue weighted by Crippen LogP contribution is -1.86. The van der Waals surface area contributed by atoms with Gasteiger partial charge in [0.1, 0.15) is 11.5 Å². The van der Waals surface area contributed by atoms with Crippen molar-refractivity contribution in [1.82, 2.24) is 0 Å². The molecule has 0 saturated carbocycles. The maximum absolute atomic E-state index is 10.5. The van der Waals surface area contributed by atoms with Gasteiger partial charge in [-0.3, -0.25) is 20.2 Å². The van der Waals surface area contributed by atoms with Gasteiger partial charge in [0, 0.05) is 24.3 Å². The molecular formula is C20H14N2O6. The molecule has 140 valence electrons. The molecule has 2 N–H and O–H groups in total. The molecule has 0 aliphatic rings. The highest BCUT2D eigenvalue weighted by Gasteiger charge is 2.06. The van der Waals surface area contributed by atoms with Crippen molar-refractivity contribution in [2.24, 2.45) is 0 Å². The smallest absolute Gasteiger partial charge is 0.270 e. The monoisotopic (exact) mass is 378 g/mol. The van der Waals surface area contributed by atoms with Crippen LogP contribution in [0.1, 0.15) is 0 Å². The van der Waals surface area contributed by atoms with Crippen molar-refractivity contribution in [3.8, 4) is 11.5 Å². The highest BCUT2D eigenvalue weighted by molar-refractivity contribution is 5.86. The van der Waals surface area contributed by atoms with E-state index in [9.17, 15) is 30.4 Å². The Morgan fingerprint density at radius 3 is 1.21 bits per heavy atom. The zero-order valence-electron chi connectivity index (χ0n) is 14.4. The molecule has 8 heteroatoms. The Morgan fingerprint density at radius 2 is 0.857 bits per heavy atom. The molecule has 4 rings (SSSR count). The zero-order chi connectivity index (χ0) is 20.3. The van der Waals surface area contributed by atoms with Crippen LogP contribution < -0.4 is 0 Å². The summed E-state index contributed by atoms with van der Waals surface area (Å²) < 4.78 is 0. The largest absolute Gasteiger partial charge is 0.508 e. The van der Waals surface area contributed by atoms with E-state index >= 15 is 0 Å². The van der Waals surface area contributed by atoms with Gasteiger partial charge < -0.3 is 10.2 Å². The van der Waals surface area contributed by atoms with E-state index in [1.54, 1.807) is 36.4 Å². The summed E-state index contributed by atoms with van der Waals surface area (Å²) in [4.78, 5) is 20.1. The van der Waals surface area contributed by atoms with Crippen molar-refractivity contribution in [1.29, 1.82) is 0 Å². The number of phenols is 2. The van der Waals surface area contributed by atoms with Gasteiger partial charge >= 0.3 is 0 Å². The number of benzene rings is 4. The lowest BCUT2D eigenvalue weighted by Gasteiger charge is -1.98. The topological polar surface area (TPSA) is 127 Å². The third-order valence-electron chi connectivity index (χ3n) is 4.04. The Hall–Kier alpha value is -4.20. The van der Waals surface area contributed by atoms with Crippen molar-refractivity contribution < 1.29 is 20.1 Å². The van der Waals surface area contributed by atoms with Crippen LogP contribution in [0.3, 0.4) is 0 Å². The zero-order valence-corrected chi connectivity index (χ0v) is 14.4. The number of nitro benzene ring substituents is 2. The molecule has 0 aliphatic carbocycles. The molecule has 8 nitrogen and oxygen atoms in total. The van der Waals surface area contributed by atoms with Crippen LogP contribution in [0, 0.1) is 20.2 Å². The second-order valence-corrected chi connectivity index (χ2v) is 5.95. The van der Waals surface area contributed by atoms with Gasteiger partial charge in [0.15, 0.2) is 0 Å². The third-order valence-corrected chi connectivity index (χ3v) is 4.04. The number of nitrogens with zero attached hydrogens (tertiary/aromatic N) is 2.